The number of carbonyl (C=O) groups excluding carboxylic acids is 1. The second-order valence-corrected chi connectivity index (χ2v) is 5.68. The quantitative estimate of drug-likeness (QED) is 0.822. The Bertz CT molecular complexity index is 571. The maximum Gasteiger partial charge on any atom is 0.258 e. The lowest BCUT2D eigenvalue weighted by Crippen LogP contribution is -2.28. The largest absolute Gasteiger partial charge is 0.484 e. The number of nitrogens with two attached hydrogens (primary N) is 1. The first kappa shape index (κ1) is 13.9. The Balaban J connectivity index is 1.77. The molecule has 0 unspecified atom stereocenters. The molecule has 0 aliphatic carbocycles. The van der Waals surface area contributed by atoms with Crippen LogP contribution in [0, 0.1) is 0 Å². The Morgan fingerprint density at radius 1 is 1.42 bits per heavy atom. The number of nitrogens with one attached hydrogen (secondary N) is 1. The first-order valence-corrected chi connectivity index (χ1v) is 7.29. The lowest BCUT2D eigenvalue weighted by atomic mass is 10.3. The molecule has 0 fully saturated rings. The maximum absolute atomic E-state index is 11.6. The number of hydrogen-bond donors (Lipinski definition) is 2. The van der Waals surface area contributed by atoms with Gasteiger partial charge in [0.1, 0.15) is 5.75 Å². The highest BCUT2D eigenvalue weighted by molar-refractivity contribution is 9.10. The van der Waals surface area contributed by atoms with Gasteiger partial charge in [0.15, 0.2) is 6.61 Å². The monoisotopic (exact) mass is 340 g/mol. The predicted molar refractivity (Wildman–Crippen MR) is 80.2 cm³/mol. The van der Waals surface area contributed by atoms with Gasteiger partial charge in [-0.25, -0.2) is 0 Å². The topological polar surface area (TPSA) is 64.3 Å². The van der Waals surface area contributed by atoms with Crippen LogP contribution in [0.4, 0.5) is 5.69 Å². The third-order valence-corrected chi connectivity index (χ3v) is 4.29. The van der Waals surface area contributed by atoms with Gasteiger partial charge in [-0.15, -0.1) is 11.3 Å². The highest BCUT2D eigenvalue weighted by Crippen LogP contribution is 2.22. The van der Waals surface area contributed by atoms with Gasteiger partial charge >= 0.3 is 0 Å². The van der Waals surface area contributed by atoms with Crippen molar-refractivity contribution in [3.63, 3.8) is 0 Å². The predicted octanol–water partition coefficient (Wildman–Crippen LogP) is 2.79. The third-order valence-electron chi connectivity index (χ3n) is 2.37. The molecule has 2 rings (SSSR count). The normalized spacial score (nSPS) is 10.2. The van der Waals surface area contributed by atoms with Crippen molar-refractivity contribution in [1.29, 1.82) is 0 Å². The molecule has 0 aliphatic rings. The Kier molecular flexibility index (Phi) is 4.81. The van der Waals surface area contributed by atoms with Crippen LogP contribution in [0.25, 0.3) is 0 Å². The summed E-state index contributed by atoms with van der Waals surface area (Å²) in [5, 5.41) is 4.76. The lowest BCUT2D eigenvalue weighted by molar-refractivity contribution is -0.123. The summed E-state index contributed by atoms with van der Waals surface area (Å²) >= 11 is 5.00. The molecule has 0 atom stereocenters. The molecular formula is C13H13BrN2O2S. The van der Waals surface area contributed by atoms with Gasteiger partial charge in [0.2, 0.25) is 0 Å². The van der Waals surface area contributed by atoms with Gasteiger partial charge in [-0.1, -0.05) is 6.07 Å². The summed E-state index contributed by atoms with van der Waals surface area (Å²) in [6.07, 6.45) is 0. The molecule has 3 N–H and O–H groups in total. The molecule has 6 heteroatoms. The van der Waals surface area contributed by atoms with E-state index in [9.17, 15) is 4.79 Å². The highest BCUT2D eigenvalue weighted by atomic mass is 79.9. The van der Waals surface area contributed by atoms with E-state index in [2.05, 4.69) is 21.2 Å². The van der Waals surface area contributed by atoms with Crippen LogP contribution in [0.3, 0.4) is 0 Å². The van der Waals surface area contributed by atoms with Crippen LogP contribution < -0.4 is 15.8 Å². The van der Waals surface area contributed by atoms with Crippen LogP contribution in [-0.4, -0.2) is 12.5 Å². The van der Waals surface area contributed by atoms with Gasteiger partial charge in [0, 0.05) is 21.1 Å². The van der Waals surface area contributed by atoms with E-state index >= 15 is 0 Å². The van der Waals surface area contributed by atoms with Gasteiger partial charge in [0.25, 0.3) is 5.91 Å². The van der Waals surface area contributed by atoms with Gasteiger partial charge in [0.05, 0.1) is 6.54 Å². The number of benzene rings is 1. The Morgan fingerprint density at radius 3 is 2.95 bits per heavy atom. The van der Waals surface area contributed by atoms with Crippen molar-refractivity contribution < 1.29 is 9.53 Å². The van der Waals surface area contributed by atoms with E-state index < -0.39 is 0 Å². The summed E-state index contributed by atoms with van der Waals surface area (Å²) in [5.74, 6) is 0.426. The molecule has 1 aromatic carbocycles. The number of carbonyl (C=O) groups is 1. The number of thiophene rings is 1. The minimum Gasteiger partial charge on any atom is -0.484 e. The fraction of sp³-hybridized carbons (Fsp3) is 0.154. The van der Waals surface area contributed by atoms with E-state index in [0.717, 1.165) is 9.35 Å². The van der Waals surface area contributed by atoms with Gasteiger partial charge in [-0.3, -0.25) is 4.79 Å². The fourth-order valence-electron chi connectivity index (χ4n) is 1.43. The molecule has 2 aromatic rings. The summed E-state index contributed by atoms with van der Waals surface area (Å²) in [7, 11) is 0. The minimum absolute atomic E-state index is 0.0214. The molecule has 0 aliphatic heterocycles. The average Bonchev–Trinajstić information content (AvgIpc) is 2.80. The van der Waals surface area contributed by atoms with Crippen LogP contribution in [-0.2, 0) is 11.3 Å². The third kappa shape index (κ3) is 4.25. The van der Waals surface area contributed by atoms with Crippen molar-refractivity contribution in [2.75, 3.05) is 12.3 Å². The number of hydrogen-bond acceptors (Lipinski definition) is 4. The van der Waals surface area contributed by atoms with E-state index in [0.29, 0.717) is 18.0 Å². The summed E-state index contributed by atoms with van der Waals surface area (Å²) in [4.78, 5) is 12.7. The van der Waals surface area contributed by atoms with Crippen LogP contribution in [0.1, 0.15) is 4.88 Å². The highest BCUT2D eigenvalue weighted by Gasteiger charge is 2.05. The molecule has 1 heterocycles. The van der Waals surface area contributed by atoms with Crippen LogP contribution >= 0.6 is 27.3 Å². The zero-order chi connectivity index (χ0) is 13.7. The number of rotatable bonds is 5. The smallest absolute Gasteiger partial charge is 0.258 e. The summed E-state index contributed by atoms with van der Waals surface area (Å²) in [6, 6.07) is 8.95. The van der Waals surface area contributed by atoms with Crippen molar-refractivity contribution in [2.24, 2.45) is 0 Å². The van der Waals surface area contributed by atoms with E-state index in [1.165, 1.54) is 0 Å². The summed E-state index contributed by atoms with van der Waals surface area (Å²) < 4.78 is 6.36. The molecule has 100 valence electrons. The maximum atomic E-state index is 11.6. The first-order chi connectivity index (χ1) is 9.15. The van der Waals surface area contributed by atoms with Crippen molar-refractivity contribution in [3.05, 3.63) is 45.1 Å². The Labute approximate surface area is 123 Å². The van der Waals surface area contributed by atoms with Gasteiger partial charge < -0.3 is 15.8 Å². The molecule has 0 saturated carbocycles. The summed E-state index contributed by atoms with van der Waals surface area (Å²) in [5.41, 5.74) is 6.23. The van der Waals surface area contributed by atoms with Gasteiger partial charge in [-0.2, -0.15) is 0 Å². The standard InChI is InChI=1S/C13H13BrN2O2S/c14-11-4-5-19-12(11)7-16-13(17)8-18-10-3-1-2-9(15)6-10/h1-6H,7-8,15H2,(H,16,17). The molecule has 0 spiro atoms. The Hall–Kier alpha value is -1.53. The molecule has 0 bridgehead atoms. The number of halogens is 1. The van der Waals surface area contributed by atoms with Crippen LogP contribution in [0.5, 0.6) is 5.75 Å². The molecule has 0 radical (unpaired) electrons. The second kappa shape index (κ2) is 6.58. The van der Waals surface area contributed by atoms with Crippen LogP contribution in [0.15, 0.2) is 40.2 Å². The number of amides is 1. The second-order valence-electron chi connectivity index (χ2n) is 3.83. The average molecular weight is 341 g/mol. The summed E-state index contributed by atoms with van der Waals surface area (Å²) in [6.45, 7) is 0.476. The molecule has 1 amide bonds. The Morgan fingerprint density at radius 2 is 2.26 bits per heavy atom. The number of ether oxygens (including phenoxy) is 1. The van der Waals surface area contributed by atoms with E-state index in [4.69, 9.17) is 10.5 Å². The number of nitrogen functional groups attached to an aromatic ring is 1. The fourth-order valence-corrected chi connectivity index (χ4v) is 2.87. The zero-order valence-corrected chi connectivity index (χ0v) is 12.5. The molecule has 19 heavy (non-hydrogen) atoms. The number of anilines is 1. The van der Waals surface area contributed by atoms with E-state index in [1.54, 1.807) is 35.6 Å². The van der Waals surface area contributed by atoms with Crippen molar-refractivity contribution in [2.45, 2.75) is 6.54 Å². The minimum atomic E-state index is -0.164. The lowest BCUT2D eigenvalue weighted by Gasteiger charge is -2.07. The van der Waals surface area contributed by atoms with Gasteiger partial charge in [-0.05, 0) is 39.5 Å². The zero-order valence-electron chi connectivity index (χ0n) is 10.1. The van der Waals surface area contributed by atoms with Crippen molar-refractivity contribution >= 4 is 38.9 Å². The first-order valence-electron chi connectivity index (χ1n) is 5.62. The van der Waals surface area contributed by atoms with Crippen molar-refractivity contribution in [1.82, 2.24) is 5.32 Å². The molecular weight excluding hydrogens is 328 g/mol. The molecule has 4 nitrogen and oxygen atoms in total. The molecule has 1 aromatic heterocycles. The van der Waals surface area contributed by atoms with E-state index in [-0.39, 0.29) is 12.5 Å². The van der Waals surface area contributed by atoms with Crippen molar-refractivity contribution in [3.8, 4) is 5.75 Å². The SMILES string of the molecule is Nc1cccc(OCC(=O)NCc2sccc2Br)c1. The van der Waals surface area contributed by atoms with Crippen LogP contribution in [0.2, 0.25) is 0 Å². The van der Waals surface area contributed by atoms with E-state index in [1.807, 2.05) is 11.4 Å². The molecule has 0 saturated heterocycles.